The Morgan fingerprint density at radius 1 is 1.21 bits per heavy atom. The molecule has 9 heteroatoms. The predicted octanol–water partition coefficient (Wildman–Crippen LogP) is 1.85. The van der Waals surface area contributed by atoms with Gasteiger partial charge in [0.1, 0.15) is 9.75 Å². The van der Waals surface area contributed by atoms with Gasteiger partial charge in [-0.15, -0.1) is 23.2 Å². The second-order valence-corrected chi connectivity index (χ2v) is 7.80. The first kappa shape index (κ1) is 19.1. The number of rotatable bonds is 5. The van der Waals surface area contributed by atoms with Crippen molar-refractivity contribution in [2.75, 3.05) is 26.3 Å². The van der Waals surface area contributed by atoms with Crippen LogP contribution in [-0.2, 0) is 19.1 Å². The van der Waals surface area contributed by atoms with E-state index in [0.717, 1.165) is 0 Å². The lowest BCUT2D eigenvalue weighted by Gasteiger charge is -2.31. The highest BCUT2D eigenvalue weighted by atomic mass is 35.5. The molecule has 1 unspecified atom stereocenters. The van der Waals surface area contributed by atoms with E-state index in [0.29, 0.717) is 39.0 Å². The third kappa shape index (κ3) is 4.25. The van der Waals surface area contributed by atoms with Gasteiger partial charge in [0.05, 0.1) is 6.61 Å². The first-order valence-electron chi connectivity index (χ1n) is 7.95. The molecule has 2 fully saturated rings. The van der Waals surface area contributed by atoms with Gasteiger partial charge < -0.3 is 19.7 Å². The summed E-state index contributed by atoms with van der Waals surface area (Å²) in [5.74, 6) is -0.947. The molecule has 0 spiro atoms. The minimum atomic E-state index is -1.11. The number of halogens is 2. The number of esters is 1. The van der Waals surface area contributed by atoms with E-state index in [1.165, 1.54) is 0 Å². The highest BCUT2D eigenvalue weighted by Crippen LogP contribution is 2.64. The van der Waals surface area contributed by atoms with Crippen molar-refractivity contribution in [3.63, 3.8) is 0 Å². The molecule has 136 valence electrons. The van der Waals surface area contributed by atoms with Gasteiger partial charge >= 0.3 is 12.1 Å². The minimum Gasteiger partial charge on any atom is -0.455 e. The van der Waals surface area contributed by atoms with Crippen LogP contribution < -0.4 is 5.32 Å². The standard InChI is InChI=1S/C15H22Cl2N2O5/c1-3-23-13(22)19-6-4-10(5-7-19)18-11(20)8-24-12(21)14(2)9-15(14,16)17/h10H,3-9H2,1-2H3,(H,18,20). The Balaban J connectivity index is 1.67. The van der Waals surface area contributed by atoms with E-state index in [9.17, 15) is 14.4 Å². The van der Waals surface area contributed by atoms with Crippen molar-refractivity contribution in [3.8, 4) is 0 Å². The molecule has 0 aromatic carbocycles. The van der Waals surface area contributed by atoms with Gasteiger partial charge in [0.25, 0.3) is 5.91 Å². The molecular weight excluding hydrogens is 359 g/mol. The van der Waals surface area contributed by atoms with Gasteiger partial charge in [-0.2, -0.15) is 0 Å². The van der Waals surface area contributed by atoms with Crippen LogP contribution in [-0.4, -0.2) is 59.5 Å². The lowest BCUT2D eigenvalue weighted by Crippen LogP contribution is -2.47. The van der Waals surface area contributed by atoms with Crippen molar-refractivity contribution in [1.82, 2.24) is 10.2 Å². The summed E-state index contributed by atoms with van der Waals surface area (Å²) in [7, 11) is 0. The third-order valence-electron chi connectivity index (χ3n) is 4.43. The topological polar surface area (TPSA) is 84.9 Å². The van der Waals surface area contributed by atoms with Crippen LogP contribution in [0.1, 0.15) is 33.1 Å². The van der Waals surface area contributed by atoms with Crippen molar-refractivity contribution in [2.45, 2.75) is 43.5 Å². The number of likely N-dealkylation sites (tertiary alicyclic amines) is 1. The molecule has 1 saturated heterocycles. The molecule has 1 heterocycles. The van der Waals surface area contributed by atoms with E-state index >= 15 is 0 Å². The fraction of sp³-hybridized carbons (Fsp3) is 0.800. The quantitative estimate of drug-likeness (QED) is 0.580. The highest BCUT2D eigenvalue weighted by molar-refractivity contribution is 6.53. The number of amides is 2. The Kier molecular flexibility index (Phi) is 5.86. The number of nitrogens with zero attached hydrogens (tertiary/aromatic N) is 1. The molecule has 7 nitrogen and oxygen atoms in total. The maximum Gasteiger partial charge on any atom is 0.409 e. The molecule has 2 amide bonds. The van der Waals surface area contributed by atoms with E-state index in [-0.39, 0.29) is 24.6 Å². The maximum absolute atomic E-state index is 11.9. The Labute approximate surface area is 150 Å². The molecule has 0 bridgehead atoms. The second kappa shape index (κ2) is 7.35. The van der Waals surface area contributed by atoms with Gasteiger partial charge in [-0.3, -0.25) is 9.59 Å². The number of piperidine rings is 1. The molecule has 1 aliphatic heterocycles. The van der Waals surface area contributed by atoms with Gasteiger partial charge in [-0.25, -0.2) is 4.79 Å². The second-order valence-electron chi connectivity index (χ2n) is 6.32. The van der Waals surface area contributed by atoms with Crippen LogP contribution in [0, 0.1) is 5.41 Å². The van der Waals surface area contributed by atoms with Crippen LogP contribution in [0.4, 0.5) is 4.79 Å². The Morgan fingerprint density at radius 3 is 2.29 bits per heavy atom. The summed E-state index contributed by atoms with van der Waals surface area (Å²) in [6.45, 7) is 4.37. The first-order chi connectivity index (χ1) is 11.2. The fourth-order valence-corrected chi connectivity index (χ4v) is 3.29. The Morgan fingerprint density at radius 2 is 1.79 bits per heavy atom. The lowest BCUT2D eigenvalue weighted by atomic mass is 10.1. The molecule has 1 N–H and O–H groups in total. The molecule has 1 aliphatic carbocycles. The number of ether oxygens (including phenoxy) is 2. The number of hydrogen-bond acceptors (Lipinski definition) is 5. The summed E-state index contributed by atoms with van der Waals surface area (Å²) in [6, 6.07) is -0.0569. The molecule has 0 aromatic rings. The van der Waals surface area contributed by atoms with Gasteiger partial charge in [0.15, 0.2) is 6.61 Å². The molecule has 1 saturated carbocycles. The van der Waals surface area contributed by atoms with Crippen molar-refractivity contribution in [3.05, 3.63) is 0 Å². The van der Waals surface area contributed by atoms with Crippen LogP contribution in [0.15, 0.2) is 0 Å². The molecule has 24 heavy (non-hydrogen) atoms. The molecule has 2 aliphatic rings. The summed E-state index contributed by atoms with van der Waals surface area (Å²) >= 11 is 11.8. The van der Waals surface area contributed by atoms with E-state index in [4.69, 9.17) is 32.7 Å². The monoisotopic (exact) mass is 380 g/mol. The number of nitrogens with one attached hydrogen (secondary N) is 1. The Bertz CT molecular complexity index is 520. The molecule has 0 aromatic heterocycles. The van der Waals surface area contributed by atoms with Crippen molar-refractivity contribution < 1.29 is 23.9 Å². The number of carbonyl (C=O) groups is 3. The van der Waals surface area contributed by atoms with Crippen LogP contribution in [0.25, 0.3) is 0 Å². The average Bonchev–Trinajstić information content (AvgIpc) is 3.05. The third-order valence-corrected chi connectivity index (χ3v) is 5.53. The van der Waals surface area contributed by atoms with Crippen molar-refractivity contribution in [2.24, 2.45) is 5.41 Å². The van der Waals surface area contributed by atoms with Crippen LogP contribution in [0.5, 0.6) is 0 Å². The smallest absolute Gasteiger partial charge is 0.409 e. The van der Waals surface area contributed by atoms with Crippen molar-refractivity contribution in [1.29, 1.82) is 0 Å². The van der Waals surface area contributed by atoms with Crippen LogP contribution in [0.3, 0.4) is 0 Å². The van der Waals surface area contributed by atoms with Crippen LogP contribution >= 0.6 is 23.2 Å². The van der Waals surface area contributed by atoms with E-state index in [1.54, 1.807) is 18.7 Å². The van der Waals surface area contributed by atoms with Gasteiger partial charge in [0.2, 0.25) is 0 Å². The highest BCUT2D eigenvalue weighted by Gasteiger charge is 2.69. The maximum atomic E-state index is 11.9. The Hall–Kier alpha value is -1.21. The average molecular weight is 381 g/mol. The summed E-state index contributed by atoms with van der Waals surface area (Å²) in [4.78, 5) is 37.0. The summed E-state index contributed by atoms with van der Waals surface area (Å²) in [5.41, 5.74) is -0.943. The summed E-state index contributed by atoms with van der Waals surface area (Å²) < 4.78 is 8.82. The summed E-state index contributed by atoms with van der Waals surface area (Å²) in [5, 5.41) is 2.80. The lowest BCUT2D eigenvalue weighted by molar-refractivity contribution is -0.153. The molecule has 2 rings (SSSR count). The number of carbonyl (C=O) groups excluding carboxylic acids is 3. The number of hydrogen-bond donors (Lipinski definition) is 1. The van der Waals surface area contributed by atoms with Crippen molar-refractivity contribution >= 4 is 41.2 Å². The van der Waals surface area contributed by atoms with Gasteiger partial charge in [-0.1, -0.05) is 0 Å². The molecular formula is C15H22Cl2N2O5. The van der Waals surface area contributed by atoms with Gasteiger partial charge in [-0.05, 0) is 26.7 Å². The minimum absolute atomic E-state index is 0.0569. The molecule has 0 radical (unpaired) electrons. The normalized spacial score (nSPS) is 25.8. The predicted molar refractivity (Wildman–Crippen MR) is 87.9 cm³/mol. The molecule has 1 atom stereocenters. The first-order valence-corrected chi connectivity index (χ1v) is 8.71. The van der Waals surface area contributed by atoms with Gasteiger partial charge in [0, 0.05) is 25.6 Å². The number of alkyl halides is 2. The fourth-order valence-electron chi connectivity index (χ4n) is 2.60. The SMILES string of the molecule is CCOC(=O)N1CCC(NC(=O)COC(=O)C2(C)CC2(Cl)Cl)CC1. The van der Waals surface area contributed by atoms with Crippen LogP contribution in [0.2, 0.25) is 0 Å². The zero-order chi connectivity index (χ0) is 18.0. The van der Waals surface area contributed by atoms with E-state index < -0.39 is 15.7 Å². The van der Waals surface area contributed by atoms with E-state index in [1.807, 2.05) is 0 Å². The van der Waals surface area contributed by atoms with E-state index in [2.05, 4.69) is 5.32 Å². The largest absolute Gasteiger partial charge is 0.455 e. The summed E-state index contributed by atoms with van der Waals surface area (Å²) in [6.07, 6.45) is 1.24. The zero-order valence-corrected chi connectivity index (χ0v) is 15.3. The zero-order valence-electron chi connectivity index (χ0n) is 13.8.